The number of rotatable bonds is 9. The van der Waals surface area contributed by atoms with E-state index in [2.05, 4.69) is 27.7 Å². The fraction of sp³-hybridized carbons (Fsp3) is 0.650. The van der Waals surface area contributed by atoms with E-state index < -0.39 is 0 Å². The van der Waals surface area contributed by atoms with Crippen LogP contribution in [0.4, 0.5) is 0 Å². The summed E-state index contributed by atoms with van der Waals surface area (Å²) in [5, 5.41) is 0. The van der Waals surface area contributed by atoms with Crippen molar-refractivity contribution in [2.75, 3.05) is 7.11 Å². The predicted octanol–water partition coefficient (Wildman–Crippen LogP) is 5.89. The molecule has 0 aromatic heterocycles. The highest BCUT2D eigenvalue weighted by atomic mass is 16.5. The Morgan fingerprint density at radius 1 is 0.773 bits per heavy atom. The highest BCUT2D eigenvalue weighted by Gasteiger charge is 2.27. The number of methoxy groups -OCH3 is 1. The van der Waals surface area contributed by atoms with Gasteiger partial charge < -0.3 is 4.74 Å². The smallest absolute Gasteiger partial charge is 0.331 e. The van der Waals surface area contributed by atoms with Crippen LogP contribution in [0.15, 0.2) is 33.9 Å². The average Bonchev–Trinajstić information content (AvgIpc) is 2.76. The molecule has 1 aliphatic rings. The number of hydrogen-bond acceptors (Lipinski definition) is 2. The molecule has 2 heteroatoms. The Balaban J connectivity index is 3.43. The number of allylic oxidation sites excluding steroid dienone is 5. The average molecular weight is 304 g/mol. The maximum atomic E-state index is 11.9. The lowest BCUT2D eigenvalue weighted by Crippen LogP contribution is -2.00. The second kappa shape index (κ2) is 9.66. The third kappa shape index (κ3) is 4.34. The van der Waals surface area contributed by atoms with Crippen molar-refractivity contribution in [3.63, 3.8) is 0 Å². The monoisotopic (exact) mass is 304 g/mol. The first-order valence-corrected chi connectivity index (χ1v) is 8.89. The van der Waals surface area contributed by atoms with Gasteiger partial charge in [0.1, 0.15) is 0 Å². The van der Waals surface area contributed by atoms with E-state index in [1.807, 2.05) is 0 Å². The lowest BCUT2D eigenvalue weighted by atomic mass is 9.95. The summed E-state index contributed by atoms with van der Waals surface area (Å²) in [6, 6.07) is 0. The highest BCUT2D eigenvalue weighted by Crippen LogP contribution is 2.44. The third-order valence-electron chi connectivity index (χ3n) is 4.21. The van der Waals surface area contributed by atoms with Gasteiger partial charge >= 0.3 is 5.97 Å². The van der Waals surface area contributed by atoms with Crippen LogP contribution in [0.5, 0.6) is 0 Å². The molecular weight excluding hydrogens is 272 g/mol. The maximum absolute atomic E-state index is 11.9. The Hall–Kier alpha value is -1.31. The highest BCUT2D eigenvalue weighted by molar-refractivity contribution is 5.86. The minimum Gasteiger partial charge on any atom is -0.466 e. The summed E-state index contributed by atoms with van der Waals surface area (Å²) >= 11 is 0. The van der Waals surface area contributed by atoms with Gasteiger partial charge in [-0.05, 0) is 53.5 Å². The summed E-state index contributed by atoms with van der Waals surface area (Å²) in [6.07, 6.45) is 10.6. The summed E-state index contributed by atoms with van der Waals surface area (Å²) in [7, 11) is 1.46. The third-order valence-corrected chi connectivity index (χ3v) is 4.21. The largest absolute Gasteiger partial charge is 0.466 e. The molecule has 0 heterocycles. The van der Waals surface area contributed by atoms with Crippen molar-refractivity contribution in [2.24, 2.45) is 0 Å². The molecule has 0 atom stereocenters. The lowest BCUT2D eigenvalue weighted by molar-refractivity contribution is -0.134. The van der Waals surface area contributed by atoms with Crippen molar-refractivity contribution in [2.45, 2.75) is 79.1 Å². The van der Waals surface area contributed by atoms with Crippen molar-refractivity contribution in [3.05, 3.63) is 33.9 Å². The molecule has 0 aliphatic heterocycles. The summed E-state index contributed by atoms with van der Waals surface area (Å²) < 4.78 is 4.90. The Kier molecular flexibility index (Phi) is 8.22. The maximum Gasteiger partial charge on any atom is 0.331 e. The van der Waals surface area contributed by atoms with Crippen LogP contribution in [0.2, 0.25) is 0 Å². The molecule has 0 saturated heterocycles. The van der Waals surface area contributed by atoms with E-state index in [0.717, 1.165) is 51.4 Å². The summed E-state index contributed by atoms with van der Waals surface area (Å²) in [5.74, 6) is -0.231. The first-order chi connectivity index (χ1) is 10.6. The molecule has 1 rings (SSSR count). The van der Waals surface area contributed by atoms with Gasteiger partial charge in [-0.3, -0.25) is 0 Å². The van der Waals surface area contributed by atoms with Gasteiger partial charge in [-0.25, -0.2) is 4.79 Å². The molecule has 0 saturated carbocycles. The van der Waals surface area contributed by atoms with Crippen LogP contribution in [0.25, 0.3) is 0 Å². The van der Waals surface area contributed by atoms with E-state index in [0.29, 0.717) is 0 Å². The quantitative estimate of drug-likeness (QED) is 0.392. The Morgan fingerprint density at radius 3 is 1.45 bits per heavy atom. The molecular formula is C20H32O2. The molecule has 2 nitrogen and oxygen atoms in total. The van der Waals surface area contributed by atoms with Crippen molar-refractivity contribution >= 4 is 5.97 Å². The van der Waals surface area contributed by atoms with Crippen LogP contribution in [-0.4, -0.2) is 13.1 Å². The second-order valence-corrected chi connectivity index (χ2v) is 6.00. The first-order valence-electron chi connectivity index (χ1n) is 8.89. The standard InChI is InChI=1S/C20H32O2/c1-6-10-15-16(11-7-2)18(13-9-4)19(14-20(21)22-5)17(15)12-8-3/h14H,6-13H2,1-5H3. The normalized spacial score (nSPS) is 14.9. The fourth-order valence-corrected chi connectivity index (χ4v) is 3.40. The minimum atomic E-state index is -0.231. The SMILES string of the molecule is CCCC1=C(CCC)C(CCC)=C(CCC)C1=CC(=O)OC. The summed E-state index contributed by atoms with van der Waals surface area (Å²) in [4.78, 5) is 11.9. The zero-order chi connectivity index (χ0) is 16.5. The summed E-state index contributed by atoms with van der Waals surface area (Å²) in [5.41, 5.74) is 7.01. The van der Waals surface area contributed by atoms with Crippen molar-refractivity contribution in [1.82, 2.24) is 0 Å². The van der Waals surface area contributed by atoms with Crippen molar-refractivity contribution < 1.29 is 9.53 Å². The Labute approximate surface area is 136 Å². The zero-order valence-electron chi connectivity index (χ0n) is 15.1. The predicted molar refractivity (Wildman–Crippen MR) is 93.8 cm³/mol. The number of esters is 1. The van der Waals surface area contributed by atoms with Gasteiger partial charge in [0.25, 0.3) is 0 Å². The van der Waals surface area contributed by atoms with E-state index >= 15 is 0 Å². The zero-order valence-corrected chi connectivity index (χ0v) is 15.1. The topological polar surface area (TPSA) is 26.3 Å². The van der Waals surface area contributed by atoms with Gasteiger partial charge in [0.05, 0.1) is 7.11 Å². The van der Waals surface area contributed by atoms with Crippen LogP contribution in [-0.2, 0) is 9.53 Å². The van der Waals surface area contributed by atoms with Gasteiger partial charge in [-0.1, -0.05) is 53.4 Å². The van der Waals surface area contributed by atoms with E-state index in [-0.39, 0.29) is 5.97 Å². The molecule has 0 spiro atoms. The molecule has 0 aromatic carbocycles. The minimum absolute atomic E-state index is 0.231. The first kappa shape index (κ1) is 18.7. The van der Waals surface area contributed by atoms with E-state index in [1.54, 1.807) is 6.08 Å². The molecule has 0 fully saturated rings. The Morgan fingerprint density at radius 2 is 1.14 bits per heavy atom. The lowest BCUT2D eigenvalue weighted by Gasteiger charge is -2.10. The number of hydrogen-bond donors (Lipinski definition) is 0. The van der Waals surface area contributed by atoms with Crippen LogP contribution in [0.3, 0.4) is 0 Å². The number of carbonyl (C=O) groups excluding carboxylic acids is 1. The molecule has 0 bridgehead atoms. The fourth-order valence-electron chi connectivity index (χ4n) is 3.40. The van der Waals surface area contributed by atoms with Gasteiger partial charge in [0, 0.05) is 6.08 Å². The van der Waals surface area contributed by atoms with Gasteiger partial charge in [0.15, 0.2) is 0 Å². The van der Waals surface area contributed by atoms with Gasteiger partial charge in [-0.2, -0.15) is 0 Å². The molecule has 124 valence electrons. The van der Waals surface area contributed by atoms with Crippen molar-refractivity contribution in [1.29, 1.82) is 0 Å². The molecule has 0 N–H and O–H groups in total. The number of carbonyl (C=O) groups is 1. The molecule has 0 amide bonds. The molecule has 0 aromatic rings. The molecule has 0 unspecified atom stereocenters. The van der Waals surface area contributed by atoms with Gasteiger partial charge in [-0.15, -0.1) is 0 Å². The molecule has 22 heavy (non-hydrogen) atoms. The van der Waals surface area contributed by atoms with Crippen LogP contribution >= 0.6 is 0 Å². The van der Waals surface area contributed by atoms with E-state index in [1.165, 1.54) is 35.0 Å². The van der Waals surface area contributed by atoms with Crippen LogP contribution in [0, 0.1) is 0 Å². The molecule has 1 aliphatic carbocycles. The Bertz CT molecular complexity index is 444. The summed E-state index contributed by atoms with van der Waals surface area (Å²) in [6.45, 7) is 8.90. The molecule has 0 radical (unpaired) electrons. The van der Waals surface area contributed by atoms with Crippen LogP contribution in [0.1, 0.15) is 79.1 Å². The van der Waals surface area contributed by atoms with Gasteiger partial charge in [0.2, 0.25) is 0 Å². The second-order valence-electron chi connectivity index (χ2n) is 6.00. The van der Waals surface area contributed by atoms with Crippen LogP contribution < -0.4 is 0 Å². The number of ether oxygens (including phenoxy) is 1. The van der Waals surface area contributed by atoms with E-state index in [4.69, 9.17) is 4.74 Å². The van der Waals surface area contributed by atoms with Crippen molar-refractivity contribution in [3.8, 4) is 0 Å². The van der Waals surface area contributed by atoms with E-state index in [9.17, 15) is 4.79 Å².